The Morgan fingerprint density at radius 1 is 1.13 bits per heavy atom. The highest BCUT2D eigenvalue weighted by Crippen LogP contribution is 2.44. The first-order valence-corrected chi connectivity index (χ1v) is 13.0. The van der Waals surface area contributed by atoms with Gasteiger partial charge in [-0.05, 0) is 68.0 Å². The average Bonchev–Trinajstić information content (AvgIpc) is 3.68. The summed E-state index contributed by atoms with van der Waals surface area (Å²) in [6.07, 6.45) is 6.48. The standard InChI is InChI=1S/C29H27FN6O2/c1-16-12-18-7-8-25(28-20(30)4-3-10-31-28)38-26(18)14-24(16)36-15-19-22(34-29(36)37)13-21(17-5-6-17)33-27(19)23-9-11-32-35(23)2/h3-4,9-14,17,25H,5-8,15H2,1-2H3,(H,34,37). The van der Waals surface area contributed by atoms with Gasteiger partial charge < -0.3 is 10.1 Å². The summed E-state index contributed by atoms with van der Waals surface area (Å²) >= 11 is 0. The molecule has 1 aromatic carbocycles. The van der Waals surface area contributed by atoms with E-state index in [0.29, 0.717) is 30.3 Å². The van der Waals surface area contributed by atoms with E-state index in [2.05, 4.69) is 21.5 Å². The molecule has 0 saturated heterocycles. The Morgan fingerprint density at radius 3 is 2.76 bits per heavy atom. The van der Waals surface area contributed by atoms with Gasteiger partial charge in [-0.1, -0.05) is 6.07 Å². The number of carbonyl (C=O) groups is 1. The van der Waals surface area contributed by atoms with Crippen molar-refractivity contribution in [2.45, 2.75) is 51.2 Å². The molecule has 0 spiro atoms. The first kappa shape index (κ1) is 22.9. The maximum Gasteiger partial charge on any atom is 0.326 e. The van der Waals surface area contributed by atoms with Crippen molar-refractivity contribution in [2.75, 3.05) is 10.2 Å². The van der Waals surface area contributed by atoms with E-state index in [4.69, 9.17) is 9.72 Å². The number of nitrogens with one attached hydrogen (secondary N) is 1. The SMILES string of the molecule is Cc1cc2c(cc1N1Cc3c(cc(C4CC4)nc3-c3ccnn3C)NC1=O)OC(c1ncccc1F)CC2. The molecule has 0 radical (unpaired) electrons. The zero-order valence-electron chi connectivity index (χ0n) is 21.2. The molecule has 3 aromatic heterocycles. The summed E-state index contributed by atoms with van der Waals surface area (Å²) in [6.45, 7) is 2.36. The molecule has 38 heavy (non-hydrogen) atoms. The topological polar surface area (TPSA) is 85.2 Å². The third kappa shape index (κ3) is 3.81. The third-order valence-corrected chi connectivity index (χ3v) is 7.71. The minimum Gasteiger partial charge on any atom is -0.484 e. The second-order valence-electron chi connectivity index (χ2n) is 10.3. The number of aromatic nitrogens is 4. The van der Waals surface area contributed by atoms with E-state index in [0.717, 1.165) is 64.4 Å². The molecule has 2 aliphatic heterocycles. The number of hydrogen-bond donors (Lipinski definition) is 1. The summed E-state index contributed by atoms with van der Waals surface area (Å²) in [5.41, 5.74) is 7.58. The Balaban J connectivity index is 1.27. The lowest BCUT2D eigenvalue weighted by atomic mass is 9.96. The number of anilines is 2. The van der Waals surface area contributed by atoms with Crippen LogP contribution in [0.5, 0.6) is 5.75 Å². The number of carbonyl (C=O) groups excluding carboxylic acids is 1. The van der Waals surface area contributed by atoms with Gasteiger partial charge in [0.15, 0.2) is 0 Å². The molecular formula is C29H27FN6O2. The fourth-order valence-electron chi connectivity index (χ4n) is 5.54. The van der Waals surface area contributed by atoms with Crippen molar-refractivity contribution in [1.29, 1.82) is 0 Å². The van der Waals surface area contributed by atoms with Crippen LogP contribution in [-0.4, -0.2) is 25.8 Å². The van der Waals surface area contributed by atoms with Crippen LogP contribution < -0.4 is 15.0 Å². The van der Waals surface area contributed by atoms with Gasteiger partial charge in [0.25, 0.3) is 0 Å². The van der Waals surface area contributed by atoms with Crippen LogP contribution >= 0.6 is 0 Å². The number of amides is 2. The van der Waals surface area contributed by atoms with Crippen LogP contribution in [0.25, 0.3) is 11.4 Å². The second-order valence-corrected chi connectivity index (χ2v) is 10.3. The molecule has 1 fully saturated rings. The molecule has 5 heterocycles. The molecular weight excluding hydrogens is 483 g/mol. The van der Waals surface area contributed by atoms with E-state index in [9.17, 15) is 9.18 Å². The van der Waals surface area contributed by atoms with Crippen LogP contribution in [0.1, 0.15) is 59.4 Å². The average molecular weight is 511 g/mol. The van der Waals surface area contributed by atoms with Gasteiger partial charge >= 0.3 is 6.03 Å². The molecule has 9 heteroatoms. The normalized spacial score (nSPS) is 18.4. The molecule has 2 amide bonds. The first-order valence-electron chi connectivity index (χ1n) is 13.0. The fourth-order valence-corrected chi connectivity index (χ4v) is 5.54. The predicted molar refractivity (Wildman–Crippen MR) is 141 cm³/mol. The summed E-state index contributed by atoms with van der Waals surface area (Å²) in [5, 5.41) is 7.47. The molecule has 1 N–H and O–H groups in total. The van der Waals surface area contributed by atoms with Crippen LogP contribution in [-0.2, 0) is 20.0 Å². The lowest BCUT2D eigenvalue weighted by Crippen LogP contribution is -2.39. The van der Waals surface area contributed by atoms with Gasteiger partial charge in [0.1, 0.15) is 23.4 Å². The second kappa shape index (κ2) is 8.65. The lowest BCUT2D eigenvalue weighted by molar-refractivity contribution is 0.167. The minimum absolute atomic E-state index is 0.201. The van der Waals surface area contributed by atoms with E-state index in [-0.39, 0.29) is 11.8 Å². The van der Waals surface area contributed by atoms with E-state index in [1.165, 1.54) is 6.07 Å². The predicted octanol–water partition coefficient (Wildman–Crippen LogP) is 5.82. The van der Waals surface area contributed by atoms with Gasteiger partial charge in [0.2, 0.25) is 0 Å². The van der Waals surface area contributed by atoms with Crippen molar-refractivity contribution in [3.05, 3.63) is 82.7 Å². The summed E-state index contributed by atoms with van der Waals surface area (Å²) in [6, 6.07) is 10.7. The molecule has 192 valence electrons. The number of aryl methyl sites for hydroxylation is 3. The van der Waals surface area contributed by atoms with E-state index < -0.39 is 6.10 Å². The zero-order valence-corrected chi connectivity index (χ0v) is 21.2. The largest absolute Gasteiger partial charge is 0.484 e. The number of hydrogen-bond acceptors (Lipinski definition) is 5. The highest BCUT2D eigenvalue weighted by atomic mass is 19.1. The van der Waals surface area contributed by atoms with Crippen LogP contribution in [0.15, 0.2) is 48.8 Å². The highest BCUT2D eigenvalue weighted by Gasteiger charge is 2.34. The summed E-state index contributed by atoms with van der Waals surface area (Å²) in [7, 11) is 1.90. The van der Waals surface area contributed by atoms with Crippen molar-refractivity contribution < 1.29 is 13.9 Å². The molecule has 4 aromatic rings. The smallest absolute Gasteiger partial charge is 0.326 e. The number of nitrogens with zero attached hydrogens (tertiary/aromatic N) is 5. The van der Waals surface area contributed by atoms with Crippen LogP contribution in [0.2, 0.25) is 0 Å². The van der Waals surface area contributed by atoms with Gasteiger partial charge in [0, 0.05) is 42.7 Å². The van der Waals surface area contributed by atoms with Gasteiger partial charge in [-0.15, -0.1) is 0 Å². The zero-order chi connectivity index (χ0) is 26.0. The maximum absolute atomic E-state index is 14.4. The Morgan fingerprint density at radius 2 is 2.00 bits per heavy atom. The van der Waals surface area contributed by atoms with Crippen molar-refractivity contribution in [3.8, 4) is 17.1 Å². The number of pyridine rings is 2. The molecule has 8 nitrogen and oxygen atoms in total. The van der Waals surface area contributed by atoms with Gasteiger partial charge in [-0.2, -0.15) is 5.10 Å². The molecule has 3 aliphatic rings. The van der Waals surface area contributed by atoms with E-state index in [1.54, 1.807) is 23.4 Å². The number of ether oxygens (including phenoxy) is 1. The Labute approximate surface area is 219 Å². The van der Waals surface area contributed by atoms with Crippen LogP contribution in [0, 0.1) is 12.7 Å². The number of fused-ring (bicyclic) bond motifs is 2. The molecule has 1 atom stereocenters. The minimum atomic E-state index is -0.475. The number of halogens is 1. The number of rotatable bonds is 4. The van der Waals surface area contributed by atoms with Crippen molar-refractivity contribution in [2.24, 2.45) is 7.05 Å². The van der Waals surface area contributed by atoms with Gasteiger partial charge in [-0.3, -0.25) is 19.5 Å². The van der Waals surface area contributed by atoms with Crippen molar-refractivity contribution >= 4 is 17.4 Å². The van der Waals surface area contributed by atoms with Crippen LogP contribution in [0.3, 0.4) is 0 Å². The van der Waals surface area contributed by atoms with Crippen molar-refractivity contribution in [1.82, 2.24) is 19.7 Å². The Bertz CT molecular complexity index is 1590. The summed E-state index contributed by atoms with van der Waals surface area (Å²) in [4.78, 5) is 24.4. The van der Waals surface area contributed by atoms with Crippen LogP contribution in [0.4, 0.5) is 20.6 Å². The fraction of sp³-hybridized carbons (Fsp3) is 0.310. The van der Waals surface area contributed by atoms with Crippen molar-refractivity contribution in [3.63, 3.8) is 0 Å². The lowest BCUT2D eigenvalue weighted by Gasteiger charge is -2.33. The van der Waals surface area contributed by atoms with Gasteiger partial charge in [-0.25, -0.2) is 9.18 Å². The quantitative estimate of drug-likeness (QED) is 0.374. The molecule has 1 aliphatic carbocycles. The molecule has 1 saturated carbocycles. The summed E-state index contributed by atoms with van der Waals surface area (Å²) in [5.74, 6) is 0.722. The highest BCUT2D eigenvalue weighted by molar-refractivity contribution is 6.05. The molecule has 7 rings (SSSR count). The monoisotopic (exact) mass is 510 g/mol. The van der Waals surface area contributed by atoms with Gasteiger partial charge in [0.05, 0.1) is 29.3 Å². The Kier molecular flexibility index (Phi) is 5.21. The summed E-state index contributed by atoms with van der Waals surface area (Å²) < 4.78 is 22.5. The number of urea groups is 1. The Hall–Kier alpha value is -4.27. The molecule has 1 unspecified atom stereocenters. The molecule has 0 bridgehead atoms. The third-order valence-electron chi connectivity index (χ3n) is 7.71. The first-order chi connectivity index (χ1) is 18.5. The van der Waals surface area contributed by atoms with E-state index in [1.807, 2.05) is 36.9 Å². The maximum atomic E-state index is 14.4. The van der Waals surface area contributed by atoms with E-state index >= 15 is 0 Å². The number of benzene rings is 1.